The number of nitrogens with zero attached hydrogens (tertiary/aromatic N) is 3. The van der Waals surface area contributed by atoms with E-state index in [4.69, 9.17) is 4.74 Å². The number of hydroxylamine groups is 2. The first-order chi connectivity index (χ1) is 16.3. The number of hydrogen-bond acceptors (Lipinski definition) is 7. The number of piperazine rings is 1. The van der Waals surface area contributed by atoms with Crippen molar-refractivity contribution in [1.29, 1.82) is 0 Å². The second-order valence-electron chi connectivity index (χ2n) is 8.23. The van der Waals surface area contributed by atoms with Crippen LogP contribution in [0.15, 0.2) is 24.3 Å². The fourth-order valence-electron chi connectivity index (χ4n) is 3.67. The van der Waals surface area contributed by atoms with Gasteiger partial charge >= 0.3 is 0 Å². The van der Waals surface area contributed by atoms with E-state index in [2.05, 4.69) is 15.8 Å². The van der Waals surface area contributed by atoms with Gasteiger partial charge in [-0.3, -0.25) is 35.2 Å². The summed E-state index contributed by atoms with van der Waals surface area (Å²) in [5.74, 6) is -1.08. The summed E-state index contributed by atoms with van der Waals surface area (Å²) in [6.45, 7) is 6.04. The predicted octanol–water partition coefficient (Wildman–Crippen LogP) is 0.925. The number of hydrazine groups is 1. The molecule has 34 heavy (non-hydrogen) atoms. The maximum Gasteiger partial charge on any atom is 0.276 e. The topological polar surface area (TPSA) is 132 Å². The van der Waals surface area contributed by atoms with Gasteiger partial charge in [0.1, 0.15) is 5.75 Å². The van der Waals surface area contributed by atoms with Crippen molar-refractivity contribution in [2.75, 3.05) is 44.2 Å². The summed E-state index contributed by atoms with van der Waals surface area (Å²) in [7, 11) is 0. The highest BCUT2D eigenvalue weighted by Crippen LogP contribution is 2.21. The minimum Gasteiger partial charge on any atom is -0.484 e. The Bertz CT molecular complexity index is 811. The predicted molar refractivity (Wildman–Crippen MR) is 125 cm³/mol. The number of benzene rings is 1. The number of ether oxygens (including phenoxy) is 1. The molecule has 4 amide bonds. The first-order valence-corrected chi connectivity index (χ1v) is 11.6. The van der Waals surface area contributed by atoms with Crippen molar-refractivity contribution >= 4 is 29.8 Å². The van der Waals surface area contributed by atoms with E-state index in [9.17, 15) is 24.4 Å². The van der Waals surface area contributed by atoms with E-state index in [0.717, 1.165) is 38.0 Å². The molecule has 2 rings (SSSR count). The molecule has 1 atom stereocenters. The highest BCUT2D eigenvalue weighted by molar-refractivity contribution is 5.84. The van der Waals surface area contributed by atoms with Crippen molar-refractivity contribution in [1.82, 2.24) is 20.8 Å². The Morgan fingerprint density at radius 2 is 1.79 bits per heavy atom. The van der Waals surface area contributed by atoms with Gasteiger partial charge in [-0.1, -0.05) is 26.2 Å². The maximum atomic E-state index is 12.4. The molecule has 0 unspecified atom stereocenters. The Morgan fingerprint density at radius 1 is 1.12 bits per heavy atom. The van der Waals surface area contributed by atoms with Crippen LogP contribution in [0.1, 0.15) is 39.5 Å². The van der Waals surface area contributed by atoms with Crippen LogP contribution in [0.4, 0.5) is 5.69 Å². The molecule has 11 heteroatoms. The molecule has 1 aromatic rings. The molecule has 1 aliphatic rings. The van der Waals surface area contributed by atoms with Gasteiger partial charge in [-0.25, -0.2) is 5.06 Å². The number of carbonyl (C=O) groups is 4. The second-order valence-corrected chi connectivity index (χ2v) is 8.23. The van der Waals surface area contributed by atoms with Gasteiger partial charge in [0, 0.05) is 38.8 Å². The summed E-state index contributed by atoms with van der Waals surface area (Å²) < 4.78 is 5.48. The van der Waals surface area contributed by atoms with Crippen LogP contribution in [0.5, 0.6) is 5.75 Å². The van der Waals surface area contributed by atoms with Crippen LogP contribution < -0.4 is 20.5 Å². The standard InChI is InChI=1S/C23H35N5O6/c1-3-4-5-6-19(15-28(33)17-29)23(32)25-24-22(31)16-34-21-9-7-20(8-10-21)27-13-11-26(12-14-27)18(2)30/h7-10,17,19,33H,3-6,11-16H2,1-2H3,(H,24,31)(H,25,32)/t19-/m1/s1. The Morgan fingerprint density at radius 3 is 2.38 bits per heavy atom. The van der Waals surface area contributed by atoms with Crippen molar-refractivity contribution in [3.8, 4) is 5.75 Å². The average Bonchev–Trinajstić information content (AvgIpc) is 2.85. The van der Waals surface area contributed by atoms with Gasteiger partial charge in [-0.15, -0.1) is 0 Å². The monoisotopic (exact) mass is 477 g/mol. The number of nitrogens with one attached hydrogen (secondary N) is 2. The molecule has 1 aromatic carbocycles. The molecule has 188 valence electrons. The number of unbranched alkanes of at least 4 members (excludes halogenated alkanes) is 2. The first-order valence-electron chi connectivity index (χ1n) is 11.6. The Kier molecular flexibility index (Phi) is 11.1. The summed E-state index contributed by atoms with van der Waals surface area (Å²) >= 11 is 0. The quantitative estimate of drug-likeness (QED) is 0.177. The van der Waals surface area contributed by atoms with Crippen LogP contribution >= 0.6 is 0 Å². The second kappa shape index (κ2) is 14.0. The van der Waals surface area contributed by atoms with Crippen molar-refractivity contribution < 1.29 is 29.1 Å². The SMILES string of the molecule is CCCCC[C@H](CN(O)C=O)C(=O)NNC(=O)COc1ccc(N2CCN(C(C)=O)CC2)cc1. The van der Waals surface area contributed by atoms with E-state index in [1.807, 2.05) is 24.0 Å². The van der Waals surface area contributed by atoms with Crippen molar-refractivity contribution in [3.05, 3.63) is 24.3 Å². The fraction of sp³-hybridized carbons (Fsp3) is 0.565. The number of anilines is 1. The molecule has 0 spiro atoms. The smallest absolute Gasteiger partial charge is 0.276 e. The number of hydrogen-bond donors (Lipinski definition) is 3. The third kappa shape index (κ3) is 8.89. The zero-order chi connectivity index (χ0) is 24.9. The van der Waals surface area contributed by atoms with E-state index < -0.39 is 17.7 Å². The summed E-state index contributed by atoms with van der Waals surface area (Å²) in [4.78, 5) is 50.6. The summed E-state index contributed by atoms with van der Waals surface area (Å²) in [5.41, 5.74) is 5.64. The third-order valence-electron chi connectivity index (χ3n) is 5.68. The molecule has 0 saturated carbocycles. The van der Waals surface area contributed by atoms with Gasteiger partial charge in [-0.05, 0) is 30.7 Å². The van der Waals surface area contributed by atoms with Crippen molar-refractivity contribution in [2.24, 2.45) is 5.92 Å². The Labute approximate surface area is 199 Å². The molecule has 1 aliphatic heterocycles. The maximum absolute atomic E-state index is 12.4. The van der Waals surface area contributed by atoms with Gasteiger partial charge in [0.2, 0.25) is 18.2 Å². The van der Waals surface area contributed by atoms with E-state index >= 15 is 0 Å². The minimum absolute atomic E-state index is 0.0845. The molecule has 1 heterocycles. The normalized spacial score (nSPS) is 14.2. The lowest BCUT2D eigenvalue weighted by Gasteiger charge is -2.35. The Hall–Kier alpha value is -3.34. The molecule has 11 nitrogen and oxygen atoms in total. The summed E-state index contributed by atoms with van der Waals surface area (Å²) in [6.07, 6.45) is 3.37. The molecule has 0 aliphatic carbocycles. The van der Waals surface area contributed by atoms with Crippen LogP contribution in [0.25, 0.3) is 0 Å². The molecule has 0 radical (unpaired) electrons. The van der Waals surface area contributed by atoms with E-state index in [1.165, 1.54) is 0 Å². The van der Waals surface area contributed by atoms with Crippen LogP contribution in [-0.2, 0) is 19.2 Å². The van der Waals surface area contributed by atoms with Gasteiger partial charge < -0.3 is 14.5 Å². The van der Waals surface area contributed by atoms with E-state index in [0.29, 0.717) is 30.3 Å². The van der Waals surface area contributed by atoms with Crippen molar-refractivity contribution in [2.45, 2.75) is 39.5 Å². The minimum atomic E-state index is -0.646. The zero-order valence-corrected chi connectivity index (χ0v) is 19.9. The average molecular weight is 478 g/mol. The fourth-order valence-corrected chi connectivity index (χ4v) is 3.67. The number of carbonyl (C=O) groups excluding carboxylic acids is 4. The van der Waals surface area contributed by atoms with Crippen LogP contribution in [0.3, 0.4) is 0 Å². The number of rotatable bonds is 12. The van der Waals surface area contributed by atoms with Crippen molar-refractivity contribution in [3.63, 3.8) is 0 Å². The van der Waals surface area contributed by atoms with Gasteiger partial charge in [0.15, 0.2) is 6.61 Å². The van der Waals surface area contributed by atoms with Gasteiger partial charge in [0.25, 0.3) is 5.91 Å². The lowest BCUT2D eigenvalue weighted by Crippen LogP contribution is -2.48. The summed E-state index contributed by atoms with van der Waals surface area (Å²) in [6, 6.07) is 7.31. The third-order valence-corrected chi connectivity index (χ3v) is 5.68. The van der Waals surface area contributed by atoms with Crippen LogP contribution in [0.2, 0.25) is 0 Å². The summed E-state index contributed by atoms with van der Waals surface area (Å²) in [5, 5.41) is 9.84. The highest BCUT2D eigenvalue weighted by atomic mass is 16.5. The molecular formula is C23H35N5O6. The molecule has 0 bridgehead atoms. The lowest BCUT2D eigenvalue weighted by atomic mass is 10.0. The zero-order valence-electron chi connectivity index (χ0n) is 19.9. The molecular weight excluding hydrogens is 442 g/mol. The van der Waals surface area contributed by atoms with E-state index in [1.54, 1.807) is 19.1 Å². The molecule has 1 saturated heterocycles. The first kappa shape index (κ1) is 26.9. The van der Waals surface area contributed by atoms with Crippen LogP contribution in [0, 0.1) is 5.92 Å². The Balaban J connectivity index is 1.75. The molecule has 1 fully saturated rings. The molecule has 3 N–H and O–H groups in total. The number of amides is 4. The van der Waals surface area contributed by atoms with Crippen LogP contribution in [-0.4, -0.2) is 78.6 Å². The largest absolute Gasteiger partial charge is 0.484 e. The van der Waals surface area contributed by atoms with Gasteiger partial charge in [-0.2, -0.15) is 0 Å². The molecule has 0 aromatic heterocycles. The van der Waals surface area contributed by atoms with E-state index in [-0.39, 0.29) is 25.5 Å². The van der Waals surface area contributed by atoms with Gasteiger partial charge in [0.05, 0.1) is 12.5 Å². The lowest BCUT2D eigenvalue weighted by molar-refractivity contribution is -0.155. The highest BCUT2D eigenvalue weighted by Gasteiger charge is 2.21.